The first-order valence-electron chi connectivity index (χ1n) is 7.57. The number of nitrogens with zero attached hydrogens (tertiary/aromatic N) is 3. The minimum atomic E-state index is -3.57. The van der Waals surface area contributed by atoms with Crippen molar-refractivity contribution in [1.82, 2.24) is 19.5 Å². The maximum absolute atomic E-state index is 13.1. The van der Waals surface area contributed by atoms with Crippen LogP contribution in [0.15, 0.2) is 55.0 Å². The lowest BCUT2D eigenvalue weighted by Gasteiger charge is -2.07. The van der Waals surface area contributed by atoms with Crippen LogP contribution in [0.5, 0.6) is 0 Å². The van der Waals surface area contributed by atoms with Crippen LogP contribution < -0.4 is 4.72 Å². The van der Waals surface area contributed by atoms with Crippen molar-refractivity contribution >= 4 is 10.0 Å². The molecule has 8 heteroatoms. The Balaban J connectivity index is 1.62. The van der Waals surface area contributed by atoms with Gasteiger partial charge in [0.05, 0.1) is 17.6 Å². The highest BCUT2D eigenvalue weighted by Crippen LogP contribution is 2.15. The highest BCUT2D eigenvalue weighted by atomic mass is 32.2. The number of benzene rings is 1. The smallest absolute Gasteiger partial charge is 0.216 e. The number of nitrogens with one attached hydrogen (secondary N) is 1. The molecule has 1 aromatic carbocycles. The van der Waals surface area contributed by atoms with Gasteiger partial charge in [0.2, 0.25) is 10.0 Å². The van der Waals surface area contributed by atoms with Crippen molar-refractivity contribution in [3.63, 3.8) is 0 Å². The van der Waals surface area contributed by atoms with E-state index in [2.05, 4.69) is 14.8 Å². The van der Waals surface area contributed by atoms with Gasteiger partial charge in [-0.25, -0.2) is 17.5 Å². The molecule has 25 heavy (non-hydrogen) atoms. The second kappa shape index (κ2) is 7.12. The van der Waals surface area contributed by atoms with Crippen LogP contribution >= 0.6 is 0 Å². The van der Waals surface area contributed by atoms with Gasteiger partial charge in [0.15, 0.2) is 0 Å². The van der Waals surface area contributed by atoms with Gasteiger partial charge in [-0.15, -0.1) is 0 Å². The Labute approximate surface area is 145 Å². The topological polar surface area (TPSA) is 76.9 Å². The van der Waals surface area contributed by atoms with E-state index in [1.165, 1.54) is 18.2 Å². The standard InChI is InChI=1S/C17H17FN4O2S/c1-22-11-15(10-20-22)17-6-5-14(8-19-17)9-21-25(23,24)12-13-3-2-4-16(18)7-13/h2-8,10-11,21H,9,12H2,1H3. The summed E-state index contributed by atoms with van der Waals surface area (Å²) in [5.74, 6) is -0.728. The van der Waals surface area contributed by atoms with Crippen LogP contribution in [0.2, 0.25) is 0 Å². The summed E-state index contributed by atoms with van der Waals surface area (Å²) in [4.78, 5) is 4.32. The Bertz CT molecular complexity index is 968. The van der Waals surface area contributed by atoms with Gasteiger partial charge in [-0.05, 0) is 29.3 Å². The van der Waals surface area contributed by atoms with E-state index in [1.54, 1.807) is 29.2 Å². The highest BCUT2D eigenvalue weighted by Gasteiger charge is 2.12. The van der Waals surface area contributed by atoms with Crippen LogP contribution in [0.25, 0.3) is 11.3 Å². The zero-order valence-corrected chi connectivity index (χ0v) is 14.4. The van der Waals surface area contributed by atoms with Gasteiger partial charge in [-0.3, -0.25) is 9.67 Å². The number of pyridine rings is 1. The molecular formula is C17H17FN4O2S. The van der Waals surface area contributed by atoms with Gasteiger partial charge in [-0.1, -0.05) is 18.2 Å². The van der Waals surface area contributed by atoms with Crippen molar-refractivity contribution in [2.24, 2.45) is 7.05 Å². The summed E-state index contributed by atoms with van der Waals surface area (Å²) in [5.41, 5.74) is 2.79. The van der Waals surface area contributed by atoms with E-state index in [1.807, 2.05) is 19.3 Å². The fourth-order valence-electron chi connectivity index (χ4n) is 2.34. The molecule has 0 fully saturated rings. The van der Waals surface area contributed by atoms with Gasteiger partial charge in [0, 0.05) is 31.5 Å². The van der Waals surface area contributed by atoms with Crippen LogP contribution in [0, 0.1) is 5.82 Å². The number of rotatable bonds is 6. The summed E-state index contributed by atoms with van der Waals surface area (Å²) in [5, 5.41) is 4.09. The first-order chi connectivity index (χ1) is 11.9. The maximum Gasteiger partial charge on any atom is 0.216 e. The van der Waals surface area contributed by atoms with Crippen molar-refractivity contribution < 1.29 is 12.8 Å². The summed E-state index contributed by atoms with van der Waals surface area (Å²) >= 11 is 0. The molecule has 0 aliphatic heterocycles. The van der Waals surface area contributed by atoms with Crippen molar-refractivity contribution in [1.29, 1.82) is 0 Å². The Morgan fingerprint density at radius 1 is 1.16 bits per heavy atom. The number of sulfonamides is 1. The highest BCUT2D eigenvalue weighted by molar-refractivity contribution is 7.88. The SMILES string of the molecule is Cn1cc(-c2ccc(CNS(=O)(=O)Cc3cccc(F)c3)cn2)cn1. The lowest BCUT2D eigenvalue weighted by Crippen LogP contribution is -2.24. The summed E-state index contributed by atoms with van der Waals surface area (Å²) in [6.45, 7) is 0.123. The number of hydrogen-bond acceptors (Lipinski definition) is 4. The fraction of sp³-hybridized carbons (Fsp3) is 0.176. The molecule has 6 nitrogen and oxygen atoms in total. The van der Waals surface area contributed by atoms with E-state index in [0.717, 1.165) is 16.8 Å². The Kier molecular flexibility index (Phi) is 4.91. The molecule has 0 aliphatic rings. The van der Waals surface area contributed by atoms with E-state index < -0.39 is 15.8 Å². The molecule has 1 N–H and O–H groups in total. The minimum Gasteiger partial charge on any atom is -0.275 e. The van der Waals surface area contributed by atoms with E-state index in [9.17, 15) is 12.8 Å². The molecule has 0 atom stereocenters. The van der Waals surface area contributed by atoms with Gasteiger partial charge in [0.25, 0.3) is 0 Å². The van der Waals surface area contributed by atoms with Gasteiger partial charge >= 0.3 is 0 Å². The van der Waals surface area contributed by atoms with Crippen molar-refractivity contribution in [3.05, 3.63) is 71.9 Å². The molecule has 130 valence electrons. The number of hydrogen-bond donors (Lipinski definition) is 1. The first-order valence-corrected chi connectivity index (χ1v) is 9.22. The first kappa shape index (κ1) is 17.2. The zero-order valence-electron chi connectivity index (χ0n) is 13.6. The molecule has 0 spiro atoms. The van der Waals surface area contributed by atoms with Crippen molar-refractivity contribution in [2.75, 3.05) is 0 Å². The fourth-order valence-corrected chi connectivity index (χ4v) is 3.45. The third-order valence-electron chi connectivity index (χ3n) is 3.57. The summed E-state index contributed by atoms with van der Waals surface area (Å²) in [6, 6.07) is 9.17. The molecule has 0 saturated carbocycles. The van der Waals surface area contributed by atoms with E-state index in [-0.39, 0.29) is 12.3 Å². The van der Waals surface area contributed by atoms with Crippen LogP contribution in [0.3, 0.4) is 0 Å². The van der Waals surface area contributed by atoms with Gasteiger partial charge in [0.1, 0.15) is 5.82 Å². The number of aryl methyl sites for hydroxylation is 1. The second-order valence-corrected chi connectivity index (χ2v) is 7.47. The van der Waals surface area contributed by atoms with Crippen LogP contribution in [0.1, 0.15) is 11.1 Å². The quantitative estimate of drug-likeness (QED) is 0.731. The number of aromatic nitrogens is 3. The molecule has 3 rings (SSSR count). The normalized spacial score (nSPS) is 11.6. The van der Waals surface area contributed by atoms with E-state index in [0.29, 0.717) is 5.56 Å². The molecule has 0 saturated heterocycles. The third kappa shape index (κ3) is 4.71. The lowest BCUT2D eigenvalue weighted by atomic mass is 10.2. The molecule has 3 aromatic rings. The van der Waals surface area contributed by atoms with Crippen LogP contribution in [0.4, 0.5) is 4.39 Å². The zero-order chi connectivity index (χ0) is 17.9. The molecule has 0 amide bonds. The molecule has 2 heterocycles. The predicted molar refractivity (Wildman–Crippen MR) is 92.3 cm³/mol. The Morgan fingerprint density at radius 3 is 2.64 bits per heavy atom. The van der Waals surface area contributed by atoms with Gasteiger partial charge in [-0.2, -0.15) is 5.10 Å². The monoisotopic (exact) mass is 360 g/mol. The number of halogens is 1. The largest absolute Gasteiger partial charge is 0.275 e. The molecule has 2 aromatic heterocycles. The van der Waals surface area contributed by atoms with Crippen molar-refractivity contribution in [2.45, 2.75) is 12.3 Å². The van der Waals surface area contributed by atoms with Crippen LogP contribution in [-0.2, 0) is 29.4 Å². The Hall–Kier alpha value is -2.58. The maximum atomic E-state index is 13.1. The van der Waals surface area contributed by atoms with Crippen LogP contribution in [-0.4, -0.2) is 23.2 Å². The molecular weight excluding hydrogens is 343 g/mol. The van der Waals surface area contributed by atoms with Gasteiger partial charge < -0.3 is 0 Å². The van der Waals surface area contributed by atoms with E-state index >= 15 is 0 Å². The molecule has 0 radical (unpaired) electrons. The minimum absolute atomic E-state index is 0.123. The third-order valence-corrected chi connectivity index (χ3v) is 4.86. The lowest BCUT2D eigenvalue weighted by molar-refractivity contribution is 0.580. The Morgan fingerprint density at radius 2 is 2.00 bits per heavy atom. The molecule has 0 unspecified atom stereocenters. The predicted octanol–water partition coefficient (Wildman–Crippen LogP) is 2.24. The summed E-state index contributed by atoms with van der Waals surface area (Å²) in [7, 11) is -1.74. The van der Waals surface area contributed by atoms with E-state index in [4.69, 9.17) is 0 Å². The molecule has 0 bridgehead atoms. The second-order valence-electron chi connectivity index (χ2n) is 5.66. The summed E-state index contributed by atoms with van der Waals surface area (Å²) in [6.07, 6.45) is 5.18. The summed E-state index contributed by atoms with van der Waals surface area (Å²) < 4.78 is 41.6. The average Bonchev–Trinajstić information content (AvgIpc) is 3.00. The average molecular weight is 360 g/mol. The van der Waals surface area contributed by atoms with Crippen molar-refractivity contribution in [3.8, 4) is 11.3 Å². The molecule has 0 aliphatic carbocycles.